The van der Waals surface area contributed by atoms with Gasteiger partial charge in [0.25, 0.3) is 0 Å². The number of rotatable bonds is 6. The summed E-state index contributed by atoms with van der Waals surface area (Å²) in [6.07, 6.45) is 12.8. The molecule has 0 amide bonds. The molecule has 4 nitrogen and oxygen atoms in total. The summed E-state index contributed by atoms with van der Waals surface area (Å²) in [5.41, 5.74) is 0. The van der Waals surface area contributed by atoms with Gasteiger partial charge in [-0.2, -0.15) is 0 Å². The van der Waals surface area contributed by atoms with Gasteiger partial charge in [0, 0.05) is 0 Å². The first-order chi connectivity index (χ1) is 16.2. The lowest BCUT2D eigenvalue weighted by molar-refractivity contribution is -0.180. The van der Waals surface area contributed by atoms with Crippen LogP contribution in [0.15, 0.2) is 12.2 Å². The van der Waals surface area contributed by atoms with E-state index in [1.807, 2.05) is 0 Å². The van der Waals surface area contributed by atoms with E-state index in [0.717, 1.165) is 38.5 Å². The molecule has 3 saturated carbocycles. The fraction of sp³-hybridized carbons (Fsp3) is 0.867. The molecule has 0 aliphatic heterocycles. The van der Waals surface area contributed by atoms with E-state index < -0.39 is 0 Å². The van der Waals surface area contributed by atoms with Crippen LogP contribution in [0.5, 0.6) is 0 Å². The summed E-state index contributed by atoms with van der Waals surface area (Å²) >= 11 is 0. The van der Waals surface area contributed by atoms with E-state index >= 15 is 0 Å². The zero-order valence-electron chi connectivity index (χ0n) is 22.4. The van der Waals surface area contributed by atoms with Crippen molar-refractivity contribution in [1.29, 1.82) is 0 Å². The van der Waals surface area contributed by atoms with Crippen LogP contribution in [0.3, 0.4) is 0 Å². The van der Waals surface area contributed by atoms with Gasteiger partial charge in [-0.1, -0.05) is 66.5 Å². The van der Waals surface area contributed by atoms with Crippen molar-refractivity contribution in [3.8, 4) is 0 Å². The molecule has 0 unspecified atom stereocenters. The predicted molar refractivity (Wildman–Crippen MR) is 135 cm³/mol. The Bertz CT molecular complexity index is 693. The number of hydrogen-bond donors (Lipinski definition) is 0. The Kier molecular flexibility index (Phi) is 8.14. The van der Waals surface area contributed by atoms with Gasteiger partial charge in [-0.15, -0.1) is 0 Å². The van der Waals surface area contributed by atoms with Crippen LogP contribution < -0.4 is 0 Å². The van der Waals surface area contributed by atoms with E-state index in [1.165, 1.54) is 12.8 Å². The number of allylic oxidation sites excluding steroid dienone is 2. The second-order valence-electron chi connectivity index (χ2n) is 12.9. The number of esters is 2. The molecule has 192 valence electrons. The highest BCUT2D eigenvalue weighted by atomic mass is 16.6. The van der Waals surface area contributed by atoms with Crippen LogP contribution in [-0.4, -0.2) is 24.1 Å². The first-order valence-corrected chi connectivity index (χ1v) is 14.2. The summed E-state index contributed by atoms with van der Waals surface area (Å²) in [6, 6.07) is 0. The van der Waals surface area contributed by atoms with Gasteiger partial charge in [0.2, 0.25) is 0 Å². The number of fused-ring (bicyclic) bond motifs is 2. The first kappa shape index (κ1) is 25.8. The van der Waals surface area contributed by atoms with Crippen LogP contribution in [0.2, 0.25) is 0 Å². The van der Waals surface area contributed by atoms with E-state index in [0.29, 0.717) is 35.5 Å². The third-order valence-electron chi connectivity index (χ3n) is 9.75. The lowest BCUT2D eigenvalue weighted by Crippen LogP contribution is -2.49. The number of ether oxygens (including phenoxy) is 2. The van der Waals surface area contributed by atoms with Gasteiger partial charge in [-0.25, -0.2) is 0 Å². The molecule has 4 heteroatoms. The van der Waals surface area contributed by atoms with Crippen molar-refractivity contribution in [3.63, 3.8) is 0 Å². The number of carbonyl (C=O) groups is 2. The van der Waals surface area contributed by atoms with Crippen molar-refractivity contribution in [3.05, 3.63) is 12.2 Å². The molecule has 0 saturated heterocycles. The van der Waals surface area contributed by atoms with Crippen LogP contribution in [0.25, 0.3) is 0 Å². The molecule has 0 spiro atoms. The summed E-state index contributed by atoms with van der Waals surface area (Å²) in [5, 5.41) is 0. The zero-order chi connectivity index (χ0) is 24.6. The van der Waals surface area contributed by atoms with Gasteiger partial charge in [-0.05, 0) is 85.9 Å². The average Bonchev–Trinajstić information content (AvgIpc) is 2.78. The monoisotopic (exact) mass is 472 g/mol. The Hall–Kier alpha value is -1.32. The molecular formula is C30H48O4. The first-order valence-electron chi connectivity index (χ1n) is 14.2. The minimum absolute atomic E-state index is 0.0260. The molecule has 0 aromatic carbocycles. The Morgan fingerprint density at radius 2 is 1.03 bits per heavy atom. The summed E-state index contributed by atoms with van der Waals surface area (Å²) in [7, 11) is 0. The molecule has 3 fully saturated rings. The van der Waals surface area contributed by atoms with E-state index in [9.17, 15) is 9.59 Å². The molecule has 2 bridgehead atoms. The van der Waals surface area contributed by atoms with Gasteiger partial charge in [0.15, 0.2) is 0 Å². The van der Waals surface area contributed by atoms with E-state index in [4.69, 9.17) is 9.47 Å². The van der Waals surface area contributed by atoms with Gasteiger partial charge < -0.3 is 9.47 Å². The normalized spacial score (nSPS) is 42.1. The minimum Gasteiger partial charge on any atom is -0.462 e. The van der Waals surface area contributed by atoms with Crippen LogP contribution in [0.1, 0.15) is 92.9 Å². The van der Waals surface area contributed by atoms with E-state index in [1.54, 1.807) is 0 Å². The molecule has 5 aliphatic carbocycles. The predicted octanol–water partition coefficient (Wildman–Crippen LogP) is 6.82. The van der Waals surface area contributed by atoms with Crippen molar-refractivity contribution in [2.45, 2.75) is 105 Å². The van der Waals surface area contributed by atoms with Crippen molar-refractivity contribution >= 4 is 11.9 Å². The van der Waals surface area contributed by atoms with Gasteiger partial charge >= 0.3 is 11.9 Å². The third kappa shape index (κ3) is 5.41. The van der Waals surface area contributed by atoms with Crippen molar-refractivity contribution in [2.75, 3.05) is 0 Å². The number of carbonyl (C=O) groups excluding carboxylic acids is 2. The summed E-state index contributed by atoms with van der Waals surface area (Å²) in [5.74, 6) is 2.10. The second kappa shape index (κ2) is 10.7. The minimum atomic E-state index is -0.389. The maximum absolute atomic E-state index is 13.7. The van der Waals surface area contributed by atoms with Crippen molar-refractivity contribution < 1.29 is 19.1 Å². The Morgan fingerprint density at radius 3 is 1.35 bits per heavy atom. The summed E-state index contributed by atoms with van der Waals surface area (Å²) in [6.45, 7) is 13.5. The third-order valence-corrected chi connectivity index (χ3v) is 9.75. The van der Waals surface area contributed by atoms with Crippen LogP contribution >= 0.6 is 0 Å². The lowest BCUT2D eigenvalue weighted by Gasteiger charge is -2.45. The highest BCUT2D eigenvalue weighted by Gasteiger charge is 2.51. The summed E-state index contributed by atoms with van der Waals surface area (Å²) < 4.78 is 12.6. The largest absolute Gasteiger partial charge is 0.462 e. The molecule has 0 heterocycles. The van der Waals surface area contributed by atoms with E-state index in [-0.39, 0.29) is 47.8 Å². The highest BCUT2D eigenvalue weighted by molar-refractivity contribution is 5.84. The maximum atomic E-state index is 13.7. The topological polar surface area (TPSA) is 52.6 Å². The van der Waals surface area contributed by atoms with Gasteiger partial charge in [0.1, 0.15) is 12.2 Å². The van der Waals surface area contributed by atoms with Crippen molar-refractivity contribution in [2.24, 2.45) is 59.2 Å². The number of hydrogen-bond acceptors (Lipinski definition) is 4. The second-order valence-corrected chi connectivity index (χ2v) is 12.9. The highest BCUT2D eigenvalue weighted by Crippen LogP contribution is 2.47. The SMILES string of the molecule is CC(C)[C@@H]1CC[C@@H](C)C[C@H]1OC(=O)[C@@H]1[C@@H](C(=O)O[C@@H]2C[C@H](C)CC[C@H]2C(C)C)[C@H]2C=C[C@@H]1CC2. The van der Waals surface area contributed by atoms with Crippen LogP contribution in [0, 0.1) is 59.2 Å². The molecule has 0 aromatic rings. The molecule has 5 aliphatic rings. The van der Waals surface area contributed by atoms with Gasteiger partial charge in [0.05, 0.1) is 11.8 Å². The van der Waals surface area contributed by atoms with Crippen molar-refractivity contribution in [1.82, 2.24) is 0 Å². The molecule has 0 N–H and O–H groups in total. The van der Waals surface area contributed by atoms with Crippen LogP contribution in [0.4, 0.5) is 0 Å². The smallest absolute Gasteiger partial charge is 0.310 e. The quantitative estimate of drug-likeness (QED) is 0.314. The fourth-order valence-electron chi connectivity index (χ4n) is 7.59. The maximum Gasteiger partial charge on any atom is 0.310 e. The molecule has 0 radical (unpaired) electrons. The summed E-state index contributed by atoms with van der Waals surface area (Å²) in [4.78, 5) is 27.4. The Morgan fingerprint density at radius 1 is 0.647 bits per heavy atom. The molecular weight excluding hydrogens is 424 g/mol. The Balaban J connectivity index is 1.50. The molecule has 0 aromatic heterocycles. The molecule has 34 heavy (non-hydrogen) atoms. The average molecular weight is 473 g/mol. The molecule has 5 rings (SSSR count). The van der Waals surface area contributed by atoms with Crippen LogP contribution in [-0.2, 0) is 19.1 Å². The molecule has 10 atom stereocenters. The standard InChI is InChI=1S/C30H48O4/c1-17(2)23-13-7-19(5)15-25(23)33-29(31)27-21-9-11-22(12-10-21)28(27)30(32)34-26-16-20(6)8-14-24(26)18(3)4/h9,11,17-28H,7-8,10,12-16H2,1-6H3/t19-,20-,21-,22+,23+,24+,25-,26-,27+,28+/m1/s1. The lowest BCUT2D eigenvalue weighted by atomic mass is 9.62. The zero-order valence-corrected chi connectivity index (χ0v) is 22.4. The Labute approximate surface area is 207 Å². The van der Waals surface area contributed by atoms with Gasteiger partial charge in [-0.3, -0.25) is 9.59 Å². The fourth-order valence-corrected chi connectivity index (χ4v) is 7.59. The van der Waals surface area contributed by atoms with E-state index in [2.05, 4.69) is 53.7 Å².